The van der Waals surface area contributed by atoms with Gasteiger partial charge in [0.15, 0.2) is 0 Å². The van der Waals surface area contributed by atoms with Crippen LogP contribution < -0.4 is 0 Å². The Labute approximate surface area is 149 Å². The first kappa shape index (κ1) is 19.5. The van der Waals surface area contributed by atoms with Crippen molar-refractivity contribution in [2.75, 3.05) is 0 Å². The molecule has 1 N–H and O–H groups in total. The lowest BCUT2D eigenvalue weighted by Crippen LogP contribution is -2.25. The maximum absolute atomic E-state index is 10.5. The molecule has 2 rings (SSSR count). The van der Waals surface area contributed by atoms with Crippen molar-refractivity contribution in [1.29, 1.82) is 0 Å². The Kier molecular flexibility index (Phi) is 8.91. The summed E-state index contributed by atoms with van der Waals surface area (Å²) >= 11 is 0. The lowest BCUT2D eigenvalue weighted by molar-refractivity contribution is -0.136. The van der Waals surface area contributed by atoms with Crippen molar-refractivity contribution >= 4 is 5.97 Å². The highest BCUT2D eigenvalue weighted by atomic mass is 16.4. The molecule has 0 aliphatic heterocycles. The molecule has 0 radical (unpaired) electrons. The molecule has 0 spiro atoms. The first-order valence-corrected chi connectivity index (χ1v) is 10.6. The fourth-order valence-corrected chi connectivity index (χ4v) is 4.94. The zero-order chi connectivity index (χ0) is 17.2. The fourth-order valence-electron chi connectivity index (χ4n) is 4.94. The predicted molar refractivity (Wildman–Crippen MR) is 101 cm³/mol. The minimum atomic E-state index is -0.686. The van der Waals surface area contributed by atoms with E-state index in [2.05, 4.69) is 19.1 Å². The van der Waals surface area contributed by atoms with E-state index in [4.69, 9.17) is 5.11 Å². The van der Waals surface area contributed by atoms with Gasteiger partial charge in [0.25, 0.3) is 0 Å². The monoisotopic (exact) mass is 334 g/mol. The van der Waals surface area contributed by atoms with E-state index in [1.165, 1.54) is 77.0 Å². The summed E-state index contributed by atoms with van der Waals surface area (Å²) in [6.45, 7) is 2.30. The number of carboxylic acids is 1. The van der Waals surface area contributed by atoms with E-state index in [1.54, 1.807) is 0 Å². The largest absolute Gasteiger partial charge is 0.481 e. The Bertz CT molecular complexity index is 371. The van der Waals surface area contributed by atoms with E-state index >= 15 is 0 Å². The van der Waals surface area contributed by atoms with Crippen LogP contribution in [0.15, 0.2) is 12.2 Å². The molecule has 0 bridgehead atoms. The molecule has 0 aromatic heterocycles. The van der Waals surface area contributed by atoms with E-state index in [0.29, 0.717) is 12.3 Å². The van der Waals surface area contributed by atoms with Crippen LogP contribution in [0.25, 0.3) is 0 Å². The van der Waals surface area contributed by atoms with Crippen LogP contribution in [-0.4, -0.2) is 11.1 Å². The minimum Gasteiger partial charge on any atom is -0.481 e. The van der Waals surface area contributed by atoms with Crippen molar-refractivity contribution in [2.24, 2.45) is 23.7 Å². The average Bonchev–Trinajstić information content (AvgIpc) is 2.60. The molecule has 2 nitrogen and oxygen atoms in total. The molecular weight excluding hydrogens is 296 g/mol. The third kappa shape index (κ3) is 6.99. The fraction of sp³-hybridized carbons (Fsp3) is 0.864. The summed E-state index contributed by atoms with van der Waals surface area (Å²) in [5, 5.41) is 8.67. The molecule has 2 heteroatoms. The minimum absolute atomic E-state index is 0.271. The molecule has 0 aromatic rings. The summed E-state index contributed by atoms with van der Waals surface area (Å²) in [7, 11) is 0. The molecule has 0 saturated heterocycles. The molecule has 0 unspecified atom stereocenters. The number of aliphatic carboxylic acids is 1. The van der Waals surface area contributed by atoms with Gasteiger partial charge in [-0.15, -0.1) is 0 Å². The molecule has 0 amide bonds. The molecule has 0 heterocycles. The first-order valence-electron chi connectivity index (χ1n) is 10.6. The molecule has 138 valence electrons. The second-order valence-corrected chi connectivity index (χ2v) is 8.31. The number of carbonyl (C=O) groups is 1. The van der Waals surface area contributed by atoms with Gasteiger partial charge in [0, 0.05) is 6.42 Å². The van der Waals surface area contributed by atoms with E-state index in [0.717, 1.165) is 17.8 Å². The van der Waals surface area contributed by atoms with E-state index in [1.807, 2.05) is 0 Å². The highest BCUT2D eigenvalue weighted by Crippen LogP contribution is 2.42. The van der Waals surface area contributed by atoms with Gasteiger partial charge in [0.2, 0.25) is 0 Å². The molecule has 0 aromatic carbocycles. The zero-order valence-corrected chi connectivity index (χ0v) is 15.7. The molecular formula is C22H38O2. The number of allylic oxidation sites excluding steroid dienone is 2. The van der Waals surface area contributed by atoms with Crippen LogP contribution >= 0.6 is 0 Å². The summed E-state index contributed by atoms with van der Waals surface area (Å²) < 4.78 is 0. The quantitative estimate of drug-likeness (QED) is 0.381. The van der Waals surface area contributed by atoms with Crippen molar-refractivity contribution in [3.63, 3.8) is 0 Å². The summed E-state index contributed by atoms with van der Waals surface area (Å²) in [5.74, 6) is 3.03. The number of carboxylic acid groups (broad SMARTS) is 1. The number of hydrogen-bond acceptors (Lipinski definition) is 1. The van der Waals surface area contributed by atoms with Crippen LogP contribution in [0.2, 0.25) is 0 Å². The second-order valence-electron chi connectivity index (χ2n) is 8.31. The highest BCUT2D eigenvalue weighted by Gasteiger charge is 2.30. The predicted octanol–water partition coefficient (Wildman–Crippen LogP) is 6.60. The van der Waals surface area contributed by atoms with Gasteiger partial charge in [0.1, 0.15) is 0 Å². The summed E-state index contributed by atoms with van der Waals surface area (Å²) in [4.78, 5) is 10.5. The highest BCUT2D eigenvalue weighted by molar-refractivity contribution is 5.66. The molecule has 0 atom stereocenters. The van der Waals surface area contributed by atoms with E-state index in [9.17, 15) is 4.79 Å². The maximum atomic E-state index is 10.5. The van der Waals surface area contributed by atoms with Crippen molar-refractivity contribution < 1.29 is 9.90 Å². The van der Waals surface area contributed by atoms with Crippen LogP contribution in [0.1, 0.15) is 96.8 Å². The van der Waals surface area contributed by atoms with Gasteiger partial charge in [-0.2, -0.15) is 0 Å². The Morgan fingerprint density at radius 3 is 2.17 bits per heavy atom. The van der Waals surface area contributed by atoms with Gasteiger partial charge < -0.3 is 5.11 Å². The van der Waals surface area contributed by atoms with Crippen molar-refractivity contribution in [3.8, 4) is 0 Å². The smallest absolute Gasteiger partial charge is 0.303 e. The zero-order valence-electron chi connectivity index (χ0n) is 15.7. The molecule has 2 saturated carbocycles. The Morgan fingerprint density at radius 1 is 0.958 bits per heavy atom. The average molecular weight is 335 g/mol. The second kappa shape index (κ2) is 10.9. The third-order valence-electron chi connectivity index (χ3n) is 6.52. The van der Waals surface area contributed by atoms with Gasteiger partial charge >= 0.3 is 5.97 Å². The molecule has 2 aliphatic rings. The van der Waals surface area contributed by atoms with E-state index in [-0.39, 0.29) is 6.42 Å². The SMILES string of the molecule is CCCCC[C@H]1CC[C@H]([C@H]2CC[C@H](C=CCCC(=O)O)CC2)CC1. The van der Waals surface area contributed by atoms with Gasteiger partial charge in [-0.1, -0.05) is 57.6 Å². The number of hydrogen-bond donors (Lipinski definition) is 1. The number of unbranched alkanes of at least 4 members (excludes halogenated alkanes) is 2. The standard InChI is InChI=1S/C22H38O2/c1-2-3-4-7-18-10-14-20(15-11-18)21-16-12-19(13-17-21)8-5-6-9-22(23)24/h5,8,18-21H,2-4,6-7,9-17H2,1H3,(H,23,24)/t18-,19-,20-,21-. The molecule has 24 heavy (non-hydrogen) atoms. The normalized spacial score (nSPS) is 31.4. The van der Waals surface area contributed by atoms with Crippen LogP contribution in [-0.2, 0) is 4.79 Å². The van der Waals surface area contributed by atoms with Crippen LogP contribution in [0.4, 0.5) is 0 Å². The summed E-state index contributed by atoms with van der Waals surface area (Å²) in [6.07, 6.45) is 22.5. The maximum Gasteiger partial charge on any atom is 0.303 e. The Balaban J connectivity index is 1.60. The topological polar surface area (TPSA) is 37.3 Å². The van der Waals surface area contributed by atoms with Gasteiger partial charge in [-0.05, 0) is 68.6 Å². The third-order valence-corrected chi connectivity index (χ3v) is 6.52. The van der Waals surface area contributed by atoms with Crippen molar-refractivity contribution in [3.05, 3.63) is 12.2 Å². The Morgan fingerprint density at radius 2 is 1.58 bits per heavy atom. The molecule has 2 aliphatic carbocycles. The number of rotatable bonds is 9. The van der Waals surface area contributed by atoms with E-state index < -0.39 is 5.97 Å². The van der Waals surface area contributed by atoms with Gasteiger partial charge in [0.05, 0.1) is 0 Å². The van der Waals surface area contributed by atoms with Crippen LogP contribution in [0, 0.1) is 23.7 Å². The lowest BCUT2D eigenvalue weighted by Gasteiger charge is -2.37. The van der Waals surface area contributed by atoms with Crippen molar-refractivity contribution in [1.82, 2.24) is 0 Å². The van der Waals surface area contributed by atoms with Crippen LogP contribution in [0.3, 0.4) is 0 Å². The van der Waals surface area contributed by atoms with Crippen molar-refractivity contribution in [2.45, 2.75) is 96.8 Å². The Hall–Kier alpha value is -0.790. The summed E-state index contributed by atoms with van der Waals surface area (Å²) in [5.41, 5.74) is 0. The lowest BCUT2D eigenvalue weighted by atomic mass is 9.68. The summed E-state index contributed by atoms with van der Waals surface area (Å²) in [6, 6.07) is 0. The first-order chi connectivity index (χ1) is 11.7. The molecule has 2 fully saturated rings. The van der Waals surface area contributed by atoms with Crippen LogP contribution in [0.5, 0.6) is 0 Å². The van der Waals surface area contributed by atoms with Gasteiger partial charge in [-0.25, -0.2) is 0 Å². The van der Waals surface area contributed by atoms with Gasteiger partial charge in [-0.3, -0.25) is 4.79 Å².